The van der Waals surface area contributed by atoms with Crippen LogP contribution in [0, 0.1) is 6.92 Å². The van der Waals surface area contributed by atoms with E-state index in [9.17, 15) is 9.59 Å². The van der Waals surface area contributed by atoms with Gasteiger partial charge in [-0.3, -0.25) is 4.79 Å². The third-order valence-corrected chi connectivity index (χ3v) is 3.78. The number of methoxy groups -OCH3 is 1. The summed E-state index contributed by atoms with van der Waals surface area (Å²) in [5.74, 6) is 0.403. The molecule has 0 fully saturated rings. The molecule has 0 saturated heterocycles. The Balaban J connectivity index is 1.93. The summed E-state index contributed by atoms with van der Waals surface area (Å²) < 4.78 is 16.1. The summed E-state index contributed by atoms with van der Waals surface area (Å²) in [4.78, 5) is 23.8. The highest BCUT2D eigenvalue weighted by Gasteiger charge is 2.20. The van der Waals surface area contributed by atoms with Gasteiger partial charge in [0.25, 0.3) is 0 Å². The van der Waals surface area contributed by atoms with E-state index >= 15 is 0 Å². The topological polar surface area (TPSA) is 65.7 Å². The third-order valence-electron chi connectivity index (χ3n) is 3.78. The van der Waals surface area contributed by atoms with Crippen LogP contribution in [0.1, 0.15) is 33.4 Å². The number of aryl methyl sites for hydroxylation is 1. The Morgan fingerprint density at radius 3 is 2.54 bits per heavy atom. The van der Waals surface area contributed by atoms with Crippen LogP contribution in [0.2, 0.25) is 0 Å². The molecule has 0 saturated carbocycles. The zero-order valence-corrected chi connectivity index (χ0v) is 13.6. The molecule has 5 nitrogen and oxygen atoms in total. The van der Waals surface area contributed by atoms with Gasteiger partial charge in [0.1, 0.15) is 17.1 Å². The summed E-state index contributed by atoms with van der Waals surface area (Å²) in [6.07, 6.45) is 0. The number of hydrogen-bond acceptors (Lipinski definition) is 5. The Labute approximate surface area is 138 Å². The molecule has 24 heavy (non-hydrogen) atoms. The Bertz CT molecular complexity index is 936. The SMILES string of the molecule is COc1ccc2oc(C(=O)Oc3cccc(C(C)=O)c3)c(C)c2c1. The summed E-state index contributed by atoms with van der Waals surface area (Å²) in [6.45, 7) is 3.24. The van der Waals surface area contributed by atoms with Crippen LogP contribution in [0.15, 0.2) is 46.9 Å². The number of ether oxygens (including phenoxy) is 2. The van der Waals surface area contributed by atoms with Gasteiger partial charge in [-0.1, -0.05) is 12.1 Å². The number of ketones is 1. The highest BCUT2D eigenvalue weighted by Crippen LogP contribution is 2.29. The van der Waals surface area contributed by atoms with Crippen LogP contribution in [0.5, 0.6) is 11.5 Å². The lowest BCUT2D eigenvalue weighted by molar-refractivity contribution is 0.0702. The molecule has 3 aromatic rings. The number of carbonyl (C=O) groups excluding carboxylic acids is 2. The van der Waals surface area contributed by atoms with Crippen molar-refractivity contribution in [3.05, 3.63) is 59.4 Å². The second-order valence-electron chi connectivity index (χ2n) is 5.39. The van der Waals surface area contributed by atoms with E-state index in [-0.39, 0.29) is 11.5 Å². The van der Waals surface area contributed by atoms with Crippen LogP contribution >= 0.6 is 0 Å². The van der Waals surface area contributed by atoms with E-state index in [4.69, 9.17) is 13.9 Å². The molecule has 1 heterocycles. The second kappa shape index (κ2) is 6.20. The minimum atomic E-state index is -0.608. The molecule has 0 atom stereocenters. The van der Waals surface area contributed by atoms with E-state index in [1.165, 1.54) is 13.0 Å². The molecule has 2 aromatic carbocycles. The van der Waals surface area contributed by atoms with Gasteiger partial charge in [-0.15, -0.1) is 0 Å². The van der Waals surface area contributed by atoms with Crippen molar-refractivity contribution >= 4 is 22.7 Å². The minimum absolute atomic E-state index is 0.0973. The molecule has 0 radical (unpaired) electrons. The molecular weight excluding hydrogens is 308 g/mol. The highest BCUT2D eigenvalue weighted by atomic mass is 16.5. The lowest BCUT2D eigenvalue weighted by atomic mass is 10.1. The van der Waals surface area contributed by atoms with E-state index in [0.29, 0.717) is 28.2 Å². The van der Waals surface area contributed by atoms with E-state index in [0.717, 1.165) is 5.39 Å². The van der Waals surface area contributed by atoms with Crippen LogP contribution in [0.25, 0.3) is 11.0 Å². The van der Waals surface area contributed by atoms with E-state index < -0.39 is 5.97 Å². The monoisotopic (exact) mass is 324 g/mol. The van der Waals surface area contributed by atoms with Crippen molar-refractivity contribution in [1.29, 1.82) is 0 Å². The molecule has 5 heteroatoms. The zero-order chi connectivity index (χ0) is 17.3. The first-order valence-electron chi connectivity index (χ1n) is 7.40. The lowest BCUT2D eigenvalue weighted by Crippen LogP contribution is -2.09. The molecule has 122 valence electrons. The predicted molar refractivity (Wildman–Crippen MR) is 88.9 cm³/mol. The fourth-order valence-electron chi connectivity index (χ4n) is 2.45. The maximum absolute atomic E-state index is 12.4. The van der Waals surface area contributed by atoms with E-state index in [2.05, 4.69) is 0 Å². The Morgan fingerprint density at radius 2 is 1.83 bits per heavy atom. The fraction of sp³-hybridized carbons (Fsp3) is 0.158. The number of rotatable bonds is 4. The van der Waals surface area contributed by atoms with Gasteiger partial charge in [0.05, 0.1) is 7.11 Å². The fourth-order valence-corrected chi connectivity index (χ4v) is 2.45. The molecular formula is C19H16O5. The van der Waals surface area contributed by atoms with Gasteiger partial charge in [-0.05, 0) is 44.2 Å². The zero-order valence-electron chi connectivity index (χ0n) is 13.6. The molecule has 0 N–H and O–H groups in total. The van der Waals surface area contributed by atoms with Crippen molar-refractivity contribution in [2.75, 3.05) is 7.11 Å². The van der Waals surface area contributed by atoms with Crippen LogP contribution in [-0.2, 0) is 0 Å². The lowest BCUT2D eigenvalue weighted by Gasteiger charge is -2.04. The van der Waals surface area contributed by atoms with Crippen molar-refractivity contribution in [1.82, 2.24) is 0 Å². The van der Waals surface area contributed by atoms with Crippen LogP contribution in [-0.4, -0.2) is 18.9 Å². The van der Waals surface area contributed by atoms with Crippen molar-refractivity contribution in [3.8, 4) is 11.5 Å². The number of Topliss-reactive ketones (excluding diaryl/α,β-unsaturated/α-hetero) is 1. The average molecular weight is 324 g/mol. The first-order chi connectivity index (χ1) is 11.5. The van der Waals surface area contributed by atoms with Gasteiger partial charge < -0.3 is 13.9 Å². The number of benzene rings is 2. The van der Waals surface area contributed by atoms with Gasteiger partial charge in [0, 0.05) is 16.5 Å². The van der Waals surface area contributed by atoms with Crippen molar-refractivity contribution in [2.24, 2.45) is 0 Å². The molecule has 0 spiro atoms. The van der Waals surface area contributed by atoms with Crippen molar-refractivity contribution in [3.63, 3.8) is 0 Å². The summed E-state index contributed by atoms with van der Waals surface area (Å²) in [5.41, 5.74) is 1.74. The largest absolute Gasteiger partial charge is 0.497 e. The number of furan rings is 1. The summed E-state index contributed by atoms with van der Waals surface area (Å²) >= 11 is 0. The molecule has 0 aliphatic heterocycles. The van der Waals surface area contributed by atoms with Crippen LogP contribution in [0.3, 0.4) is 0 Å². The van der Waals surface area contributed by atoms with Gasteiger partial charge in [-0.2, -0.15) is 0 Å². The first kappa shape index (κ1) is 15.8. The maximum atomic E-state index is 12.4. The number of carbonyl (C=O) groups is 2. The van der Waals surface area contributed by atoms with Crippen molar-refractivity contribution < 1.29 is 23.5 Å². The second-order valence-corrected chi connectivity index (χ2v) is 5.39. The van der Waals surface area contributed by atoms with Crippen LogP contribution < -0.4 is 9.47 Å². The third kappa shape index (κ3) is 2.88. The molecule has 3 rings (SSSR count). The summed E-state index contributed by atoms with van der Waals surface area (Å²) in [5, 5.41) is 0.791. The Kier molecular flexibility index (Phi) is 4.08. The highest BCUT2D eigenvalue weighted by molar-refractivity contribution is 5.98. The molecule has 1 aromatic heterocycles. The first-order valence-corrected chi connectivity index (χ1v) is 7.40. The number of fused-ring (bicyclic) bond motifs is 1. The van der Waals surface area contributed by atoms with Gasteiger partial charge in [0.2, 0.25) is 5.76 Å². The standard InChI is InChI=1S/C19H16O5/c1-11-16-10-14(22-3)7-8-17(16)24-18(11)19(21)23-15-6-4-5-13(9-15)12(2)20/h4-10H,1-3H3. The van der Waals surface area contributed by atoms with Gasteiger partial charge in [-0.25, -0.2) is 4.79 Å². The Morgan fingerprint density at radius 1 is 1.04 bits per heavy atom. The average Bonchev–Trinajstić information content (AvgIpc) is 2.91. The molecule has 0 aliphatic carbocycles. The summed E-state index contributed by atoms with van der Waals surface area (Å²) in [6, 6.07) is 11.8. The van der Waals surface area contributed by atoms with Gasteiger partial charge in [0.15, 0.2) is 5.78 Å². The van der Waals surface area contributed by atoms with E-state index in [1.807, 2.05) is 0 Å². The minimum Gasteiger partial charge on any atom is -0.497 e. The molecule has 0 unspecified atom stereocenters. The van der Waals surface area contributed by atoms with Crippen LogP contribution in [0.4, 0.5) is 0 Å². The smallest absolute Gasteiger partial charge is 0.379 e. The number of esters is 1. The number of hydrogen-bond donors (Lipinski definition) is 0. The van der Waals surface area contributed by atoms with E-state index in [1.54, 1.807) is 50.4 Å². The van der Waals surface area contributed by atoms with Crippen molar-refractivity contribution in [2.45, 2.75) is 13.8 Å². The molecule has 0 amide bonds. The summed E-state index contributed by atoms with van der Waals surface area (Å²) in [7, 11) is 1.58. The Hall–Kier alpha value is -3.08. The molecule has 0 aliphatic rings. The van der Waals surface area contributed by atoms with Gasteiger partial charge >= 0.3 is 5.97 Å². The normalized spacial score (nSPS) is 10.6. The molecule has 0 bridgehead atoms. The maximum Gasteiger partial charge on any atom is 0.379 e. The quantitative estimate of drug-likeness (QED) is 0.409. The predicted octanol–water partition coefficient (Wildman–Crippen LogP) is 4.17.